The molecule has 1 N–H and O–H groups in total. The first-order valence-corrected chi connectivity index (χ1v) is 8.24. The first kappa shape index (κ1) is 15.8. The maximum Gasteiger partial charge on any atom is 0.255 e. The summed E-state index contributed by atoms with van der Waals surface area (Å²) in [6.45, 7) is 5.21. The molecule has 0 spiro atoms. The Morgan fingerprint density at radius 3 is 2.59 bits per heavy atom. The van der Waals surface area contributed by atoms with E-state index < -0.39 is 11.6 Å². The Morgan fingerprint density at radius 1 is 1.18 bits per heavy atom. The first-order chi connectivity index (χ1) is 10.6. The van der Waals surface area contributed by atoms with Crippen molar-refractivity contribution >= 4 is 21.8 Å². The second kappa shape index (κ2) is 6.60. The second-order valence-corrected chi connectivity index (χ2v) is 6.58. The van der Waals surface area contributed by atoms with Gasteiger partial charge < -0.3 is 10.2 Å². The zero-order valence-electron chi connectivity index (χ0n) is 12.1. The van der Waals surface area contributed by atoms with Crippen molar-refractivity contribution in [1.29, 1.82) is 0 Å². The van der Waals surface area contributed by atoms with Gasteiger partial charge in [-0.05, 0) is 34.5 Å². The molecule has 7 heteroatoms. The summed E-state index contributed by atoms with van der Waals surface area (Å²) in [6, 6.07) is 2.34. The summed E-state index contributed by atoms with van der Waals surface area (Å²) in [6.07, 6.45) is 0.924. The number of hydrogen-bond donors (Lipinski definition) is 1. The Kier molecular flexibility index (Phi) is 4.75. The van der Waals surface area contributed by atoms with Crippen molar-refractivity contribution in [3.05, 3.63) is 33.8 Å². The minimum atomic E-state index is -0.996. The number of piperazine rings is 1. The van der Waals surface area contributed by atoms with Crippen LogP contribution in [0.25, 0.3) is 0 Å². The van der Waals surface area contributed by atoms with Crippen LogP contribution in [0.15, 0.2) is 16.6 Å². The fourth-order valence-electron chi connectivity index (χ4n) is 3.13. The smallest absolute Gasteiger partial charge is 0.255 e. The average molecular weight is 374 g/mol. The molecule has 0 saturated carbocycles. The molecule has 2 aliphatic rings. The molecular weight excluding hydrogens is 356 g/mol. The second-order valence-electron chi connectivity index (χ2n) is 5.73. The van der Waals surface area contributed by atoms with Crippen molar-refractivity contribution in [3.8, 4) is 0 Å². The Morgan fingerprint density at radius 2 is 1.86 bits per heavy atom. The molecule has 1 aromatic rings. The highest BCUT2D eigenvalue weighted by atomic mass is 79.9. The molecule has 0 aromatic heterocycles. The van der Waals surface area contributed by atoms with E-state index >= 15 is 0 Å². The van der Waals surface area contributed by atoms with Gasteiger partial charge in [0.1, 0.15) is 0 Å². The number of amides is 1. The monoisotopic (exact) mass is 373 g/mol. The number of carbonyl (C=O) groups is 1. The van der Waals surface area contributed by atoms with E-state index in [1.165, 1.54) is 0 Å². The number of rotatable bonds is 2. The van der Waals surface area contributed by atoms with Crippen LogP contribution in [-0.2, 0) is 0 Å². The predicted octanol–water partition coefficient (Wildman–Crippen LogP) is 1.85. The molecule has 2 heterocycles. The molecule has 2 saturated heterocycles. The molecule has 0 radical (unpaired) electrons. The van der Waals surface area contributed by atoms with Gasteiger partial charge in [-0.1, -0.05) is 0 Å². The van der Waals surface area contributed by atoms with Gasteiger partial charge in [-0.25, -0.2) is 8.78 Å². The van der Waals surface area contributed by atoms with E-state index in [4.69, 9.17) is 0 Å². The van der Waals surface area contributed by atoms with E-state index in [1.54, 1.807) is 4.90 Å². The van der Waals surface area contributed by atoms with Crippen LogP contribution in [-0.4, -0.2) is 61.0 Å². The van der Waals surface area contributed by atoms with Crippen molar-refractivity contribution in [3.63, 3.8) is 0 Å². The summed E-state index contributed by atoms with van der Waals surface area (Å²) in [5, 5.41) is 3.31. The van der Waals surface area contributed by atoms with Crippen LogP contribution in [0.1, 0.15) is 16.8 Å². The Labute approximate surface area is 136 Å². The zero-order valence-corrected chi connectivity index (χ0v) is 13.7. The highest BCUT2D eigenvalue weighted by Crippen LogP contribution is 2.25. The molecule has 1 aromatic carbocycles. The molecule has 1 amide bonds. The minimum absolute atomic E-state index is 0.180. The minimum Gasteiger partial charge on any atom is -0.337 e. The Hall–Kier alpha value is -1.05. The number of nitrogens with zero attached hydrogens (tertiary/aromatic N) is 2. The largest absolute Gasteiger partial charge is 0.337 e. The number of carbonyl (C=O) groups excluding carboxylic acids is 1. The molecule has 120 valence electrons. The van der Waals surface area contributed by atoms with Gasteiger partial charge in [0.05, 0.1) is 5.56 Å². The molecule has 3 rings (SSSR count). The topological polar surface area (TPSA) is 35.6 Å². The van der Waals surface area contributed by atoms with Gasteiger partial charge in [-0.3, -0.25) is 9.69 Å². The molecule has 2 fully saturated rings. The van der Waals surface area contributed by atoms with E-state index in [2.05, 4.69) is 26.1 Å². The lowest BCUT2D eigenvalue weighted by molar-refractivity contribution is 0.0772. The molecule has 1 atom stereocenters. The van der Waals surface area contributed by atoms with Crippen LogP contribution in [0.4, 0.5) is 8.78 Å². The maximum atomic E-state index is 13.4. The predicted molar refractivity (Wildman–Crippen MR) is 82.8 cm³/mol. The fraction of sp³-hybridized carbons (Fsp3) is 0.533. The SMILES string of the molecule is O=C(c1cc(F)c(F)cc1Br)N1CCC(N2CCNCC2)C1. The van der Waals surface area contributed by atoms with Crippen LogP contribution in [0.3, 0.4) is 0 Å². The number of benzene rings is 1. The first-order valence-electron chi connectivity index (χ1n) is 7.45. The quantitative estimate of drug-likeness (QED) is 0.803. The number of nitrogens with one attached hydrogen (secondary N) is 1. The highest BCUT2D eigenvalue weighted by molar-refractivity contribution is 9.10. The van der Waals surface area contributed by atoms with E-state index in [9.17, 15) is 13.6 Å². The lowest BCUT2D eigenvalue weighted by atomic mass is 10.2. The van der Waals surface area contributed by atoms with Gasteiger partial charge in [0.25, 0.3) is 5.91 Å². The van der Waals surface area contributed by atoms with Crippen LogP contribution in [0.5, 0.6) is 0 Å². The van der Waals surface area contributed by atoms with Gasteiger partial charge in [0.2, 0.25) is 0 Å². The van der Waals surface area contributed by atoms with Gasteiger partial charge in [0.15, 0.2) is 11.6 Å². The van der Waals surface area contributed by atoms with E-state index in [0.717, 1.165) is 44.7 Å². The molecule has 0 bridgehead atoms. The Balaban J connectivity index is 1.70. The number of likely N-dealkylation sites (tertiary alicyclic amines) is 1. The molecule has 22 heavy (non-hydrogen) atoms. The third-order valence-electron chi connectivity index (χ3n) is 4.36. The Bertz CT molecular complexity index is 578. The average Bonchev–Trinajstić information content (AvgIpc) is 3.01. The van der Waals surface area contributed by atoms with Crippen LogP contribution in [0, 0.1) is 11.6 Å². The standard InChI is InChI=1S/C15H18BrF2N3O/c16-12-8-14(18)13(17)7-11(12)15(22)21-4-1-10(9-21)20-5-2-19-3-6-20/h7-8,10,19H,1-6,9H2. The molecule has 2 aliphatic heterocycles. The van der Waals surface area contributed by atoms with Crippen molar-refractivity contribution < 1.29 is 13.6 Å². The molecular formula is C15H18BrF2N3O. The summed E-state index contributed by atoms with van der Waals surface area (Å²) >= 11 is 3.15. The van der Waals surface area contributed by atoms with Crippen molar-refractivity contribution in [2.45, 2.75) is 12.5 Å². The lowest BCUT2D eigenvalue weighted by Crippen LogP contribution is -2.49. The third kappa shape index (κ3) is 3.16. The molecule has 1 unspecified atom stereocenters. The highest BCUT2D eigenvalue weighted by Gasteiger charge is 2.32. The fourth-order valence-corrected chi connectivity index (χ4v) is 3.61. The number of halogens is 3. The summed E-state index contributed by atoms with van der Waals surface area (Å²) in [5.74, 6) is -2.20. The van der Waals surface area contributed by atoms with Gasteiger partial charge in [-0.15, -0.1) is 0 Å². The van der Waals surface area contributed by atoms with Crippen molar-refractivity contribution in [2.24, 2.45) is 0 Å². The van der Waals surface area contributed by atoms with Crippen molar-refractivity contribution in [2.75, 3.05) is 39.3 Å². The van der Waals surface area contributed by atoms with Crippen molar-refractivity contribution in [1.82, 2.24) is 15.1 Å². The van der Waals surface area contributed by atoms with Crippen LogP contribution < -0.4 is 5.32 Å². The van der Waals surface area contributed by atoms with Crippen LogP contribution >= 0.6 is 15.9 Å². The van der Waals surface area contributed by atoms with Gasteiger partial charge >= 0.3 is 0 Å². The molecule has 4 nitrogen and oxygen atoms in total. The number of hydrogen-bond acceptors (Lipinski definition) is 3. The van der Waals surface area contributed by atoms with E-state index in [1.807, 2.05) is 0 Å². The van der Waals surface area contributed by atoms with Crippen LogP contribution in [0.2, 0.25) is 0 Å². The van der Waals surface area contributed by atoms with Gasteiger partial charge in [0, 0.05) is 49.8 Å². The maximum absolute atomic E-state index is 13.4. The summed E-state index contributed by atoms with van der Waals surface area (Å²) in [5.41, 5.74) is 0.180. The van der Waals surface area contributed by atoms with E-state index in [-0.39, 0.29) is 11.5 Å². The summed E-state index contributed by atoms with van der Waals surface area (Å²) in [4.78, 5) is 16.7. The lowest BCUT2D eigenvalue weighted by Gasteiger charge is -2.32. The summed E-state index contributed by atoms with van der Waals surface area (Å²) < 4.78 is 26.8. The van der Waals surface area contributed by atoms with E-state index in [0.29, 0.717) is 23.6 Å². The normalized spacial score (nSPS) is 23.0. The zero-order chi connectivity index (χ0) is 15.7. The third-order valence-corrected chi connectivity index (χ3v) is 5.02. The summed E-state index contributed by atoms with van der Waals surface area (Å²) in [7, 11) is 0. The molecule has 0 aliphatic carbocycles. The van der Waals surface area contributed by atoms with Gasteiger partial charge in [-0.2, -0.15) is 0 Å².